The summed E-state index contributed by atoms with van der Waals surface area (Å²) in [5, 5.41) is 2.98. The van der Waals surface area contributed by atoms with E-state index >= 15 is 0 Å². The fourth-order valence-electron chi connectivity index (χ4n) is 1.88. The lowest BCUT2D eigenvalue weighted by Gasteiger charge is -2.13. The van der Waals surface area contributed by atoms with Gasteiger partial charge in [0.15, 0.2) is 0 Å². The van der Waals surface area contributed by atoms with Gasteiger partial charge in [-0.3, -0.25) is 4.79 Å². The molecule has 1 aromatic rings. The molecule has 1 aliphatic rings. The first-order chi connectivity index (χ1) is 8.06. The van der Waals surface area contributed by atoms with Crippen molar-refractivity contribution in [2.75, 3.05) is 13.1 Å². The van der Waals surface area contributed by atoms with Crippen molar-refractivity contribution in [2.24, 2.45) is 11.1 Å². The first-order valence-electron chi connectivity index (χ1n) is 6.12. The van der Waals surface area contributed by atoms with Crippen molar-refractivity contribution in [2.45, 2.75) is 26.7 Å². The summed E-state index contributed by atoms with van der Waals surface area (Å²) < 4.78 is 0. The lowest BCUT2D eigenvalue weighted by Crippen LogP contribution is -2.33. The molecule has 1 amide bonds. The maximum atomic E-state index is 11.9. The minimum atomic E-state index is 0.00725. The van der Waals surface area contributed by atoms with Gasteiger partial charge in [-0.1, -0.05) is 6.07 Å². The van der Waals surface area contributed by atoms with E-state index in [0.717, 1.165) is 24.0 Å². The Kier molecular flexibility index (Phi) is 3.20. The number of nitrogens with two attached hydrogens (primary N) is 1. The van der Waals surface area contributed by atoms with Gasteiger partial charge < -0.3 is 11.1 Å². The molecule has 0 unspecified atom stereocenters. The molecule has 3 nitrogen and oxygen atoms in total. The van der Waals surface area contributed by atoms with Gasteiger partial charge in [0.1, 0.15) is 0 Å². The topological polar surface area (TPSA) is 55.1 Å². The van der Waals surface area contributed by atoms with Crippen LogP contribution in [0, 0.1) is 19.3 Å². The summed E-state index contributed by atoms with van der Waals surface area (Å²) in [6.07, 6.45) is 2.27. The number of hydrogen-bond acceptors (Lipinski definition) is 2. The molecule has 3 heteroatoms. The average Bonchev–Trinajstić information content (AvgIpc) is 3.10. The molecular formula is C14H20N2O. The van der Waals surface area contributed by atoms with Gasteiger partial charge in [0.25, 0.3) is 5.91 Å². The highest BCUT2D eigenvalue weighted by Gasteiger charge is 2.41. The van der Waals surface area contributed by atoms with Gasteiger partial charge in [-0.2, -0.15) is 0 Å². The van der Waals surface area contributed by atoms with Crippen molar-refractivity contribution in [3.05, 3.63) is 34.9 Å². The van der Waals surface area contributed by atoms with E-state index in [0.29, 0.717) is 13.1 Å². The second-order valence-corrected chi connectivity index (χ2v) is 5.19. The molecule has 0 heterocycles. The summed E-state index contributed by atoms with van der Waals surface area (Å²) in [7, 11) is 0. The molecule has 0 atom stereocenters. The van der Waals surface area contributed by atoms with Crippen LogP contribution in [0.25, 0.3) is 0 Å². The van der Waals surface area contributed by atoms with E-state index in [-0.39, 0.29) is 11.3 Å². The molecule has 0 aliphatic heterocycles. The molecule has 17 heavy (non-hydrogen) atoms. The molecule has 1 aromatic carbocycles. The van der Waals surface area contributed by atoms with Crippen LogP contribution in [-0.4, -0.2) is 19.0 Å². The first-order valence-corrected chi connectivity index (χ1v) is 6.12. The van der Waals surface area contributed by atoms with Gasteiger partial charge in [-0.15, -0.1) is 0 Å². The third-order valence-corrected chi connectivity index (χ3v) is 3.78. The summed E-state index contributed by atoms with van der Waals surface area (Å²) in [6.45, 7) is 5.44. The van der Waals surface area contributed by atoms with Crippen molar-refractivity contribution in [3.8, 4) is 0 Å². The van der Waals surface area contributed by atoms with Crippen LogP contribution >= 0.6 is 0 Å². The Morgan fingerprint density at radius 3 is 2.59 bits per heavy atom. The molecular weight excluding hydrogens is 212 g/mol. The van der Waals surface area contributed by atoms with Crippen LogP contribution in [-0.2, 0) is 0 Å². The lowest BCUT2D eigenvalue weighted by atomic mass is 10.0. The molecule has 3 N–H and O–H groups in total. The molecule has 0 bridgehead atoms. The molecule has 2 rings (SSSR count). The first kappa shape index (κ1) is 12.1. The Morgan fingerprint density at radius 1 is 1.35 bits per heavy atom. The Balaban J connectivity index is 1.97. The molecule has 0 spiro atoms. The van der Waals surface area contributed by atoms with E-state index in [1.807, 2.05) is 32.0 Å². The van der Waals surface area contributed by atoms with Crippen molar-refractivity contribution in [1.29, 1.82) is 0 Å². The van der Waals surface area contributed by atoms with Crippen LogP contribution < -0.4 is 11.1 Å². The van der Waals surface area contributed by atoms with E-state index in [9.17, 15) is 4.79 Å². The van der Waals surface area contributed by atoms with E-state index in [4.69, 9.17) is 5.73 Å². The number of amides is 1. The number of aryl methyl sites for hydroxylation is 2. The Labute approximate surface area is 102 Å². The Morgan fingerprint density at radius 2 is 2.06 bits per heavy atom. The third kappa shape index (κ3) is 2.67. The summed E-state index contributed by atoms with van der Waals surface area (Å²) in [4.78, 5) is 11.9. The molecule has 92 valence electrons. The average molecular weight is 232 g/mol. The zero-order valence-electron chi connectivity index (χ0n) is 10.5. The second kappa shape index (κ2) is 4.49. The molecule has 0 aromatic heterocycles. The van der Waals surface area contributed by atoms with Crippen LogP contribution in [0.15, 0.2) is 18.2 Å². The van der Waals surface area contributed by atoms with Gasteiger partial charge in [-0.05, 0) is 56.5 Å². The molecule has 1 saturated carbocycles. The van der Waals surface area contributed by atoms with E-state index in [2.05, 4.69) is 5.32 Å². The van der Waals surface area contributed by atoms with Crippen molar-refractivity contribution in [3.63, 3.8) is 0 Å². The van der Waals surface area contributed by atoms with Crippen LogP contribution in [0.3, 0.4) is 0 Å². The quantitative estimate of drug-likeness (QED) is 0.831. The van der Waals surface area contributed by atoms with Crippen LogP contribution in [0.4, 0.5) is 0 Å². The maximum absolute atomic E-state index is 11.9. The minimum absolute atomic E-state index is 0.00725. The van der Waals surface area contributed by atoms with E-state index < -0.39 is 0 Å². The van der Waals surface area contributed by atoms with Crippen LogP contribution in [0.5, 0.6) is 0 Å². The fraction of sp³-hybridized carbons (Fsp3) is 0.500. The third-order valence-electron chi connectivity index (χ3n) is 3.78. The van der Waals surface area contributed by atoms with Gasteiger partial charge in [-0.25, -0.2) is 0 Å². The SMILES string of the molecule is Cc1ccc(C(=O)NCC2(CN)CC2)cc1C. The van der Waals surface area contributed by atoms with Crippen molar-refractivity contribution >= 4 is 5.91 Å². The summed E-state index contributed by atoms with van der Waals surface area (Å²) in [5.74, 6) is 0.00725. The van der Waals surface area contributed by atoms with Crippen molar-refractivity contribution in [1.82, 2.24) is 5.32 Å². The largest absolute Gasteiger partial charge is 0.351 e. The highest BCUT2D eigenvalue weighted by atomic mass is 16.1. The standard InChI is InChI=1S/C14H20N2O/c1-10-3-4-12(7-11(10)2)13(17)16-9-14(8-15)5-6-14/h3-4,7H,5-6,8-9,15H2,1-2H3,(H,16,17). The van der Waals surface area contributed by atoms with E-state index in [1.54, 1.807) is 0 Å². The maximum Gasteiger partial charge on any atom is 0.251 e. The highest BCUT2D eigenvalue weighted by molar-refractivity contribution is 5.94. The monoisotopic (exact) mass is 232 g/mol. The van der Waals surface area contributed by atoms with Gasteiger partial charge in [0.05, 0.1) is 0 Å². The summed E-state index contributed by atoms with van der Waals surface area (Å²) in [5.41, 5.74) is 8.97. The molecule has 0 radical (unpaired) electrons. The predicted octanol–water partition coefficient (Wildman–Crippen LogP) is 1.77. The predicted molar refractivity (Wildman–Crippen MR) is 69.0 cm³/mol. The van der Waals surface area contributed by atoms with Crippen LogP contribution in [0.2, 0.25) is 0 Å². The van der Waals surface area contributed by atoms with Gasteiger partial charge >= 0.3 is 0 Å². The fourth-order valence-corrected chi connectivity index (χ4v) is 1.88. The number of benzene rings is 1. The minimum Gasteiger partial charge on any atom is -0.351 e. The van der Waals surface area contributed by atoms with E-state index in [1.165, 1.54) is 5.56 Å². The number of carbonyl (C=O) groups is 1. The second-order valence-electron chi connectivity index (χ2n) is 5.19. The zero-order valence-corrected chi connectivity index (χ0v) is 10.5. The molecule has 1 fully saturated rings. The van der Waals surface area contributed by atoms with Crippen LogP contribution in [0.1, 0.15) is 34.3 Å². The number of rotatable bonds is 4. The number of hydrogen-bond donors (Lipinski definition) is 2. The zero-order chi connectivity index (χ0) is 12.5. The number of carbonyl (C=O) groups excluding carboxylic acids is 1. The Bertz CT molecular complexity index is 436. The van der Waals surface area contributed by atoms with Gasteiger partial charge in [0.2, 0.25) is 0 Å². The summed E-state index contributed by atoms with van der Waals surface area (Å²) >= 11 is 0. The smallest absolute Gasteiger partial charge is 0.251 e. The normalized spacial score (nSPS) is 16.6. The van der Waals surface area contributed by atoms with Crippen molar-refractivity contribution < 1.29 is 4.79 Å². The highest BCUT2D eigenvalue weighted by Crippen LogP contribution is 2.43. The number of nitrogens with one attached hydrogen (secondary N) is 1. The lowest BCUT2D eigenvalue weighted by molar-refractivity contribution is 0.0945. The van der Waals surface area contributed by atoms with Gasteiger partial charge in [0, 0.05) is 17.5 Å². The molecule has 1 aliphatic carbocycles. The Hall–Kier alpha value is -1.35. The molecule has 0 saturated heterocycles. The summed E-state index contributed by atoms with van der Waals surface area (Å²) in [6, 6.07) is 5.80.